The Morgan fingerprint density at radius 1 is 0.733 bits per heavy atom. The molecule has 0 fully saturated rings. The van der Waals surface area contributed by atoms with Crippen LogP contribution in [0.25, 0.3) is 27.7 Å². The third kappa shape index (κ3) is 2.82. The normalized spacial score (nSPS) is 12.3. The number of para-hydroxylation sites is 3. The number of rotatable bonds is 2. The molecule has 5 aromatic rings. The zero-order valence-electron chi connectivity index (χ0n) is 16.0. The molecule has 0 saturated heterocycles. The molecule has 1 aliphatic rings. The van der Waals surface area contributed by atoms with Crippen molar-refractivity contribution >= 4 is 45.6 Å². The van der Waals surface area contributed by atoms with Gasteiger partial charge in [-0.3, -0.25) is 0 Å². The summed E-state index contributed by atoms with van der Waals surface area (Å²) in [6, 6.07) is 31.6. The maximum Gasteiger partial charge on any atom is 0.0606 e. The van der Waals surface area contributed by atoms with E-state index in [2.05, 4.69) is 88.9 Å². The number of fused-ring (bicyclic) bond motifs is 3. The van der Waals surface area contributed by atoms with Crippen molar-refractivity contribution in [1.82, 2.24) is 4.57 Å². The molecule has 0 saturated carbocycles. The third-order valence-electron chi connectivity index (χ3n) is 5.48. The van der Waals surface area contributed by atoms with E-state index in [0.29, 0.717) is 0 Å². The van der Waals surface area contributed by atoms with Gasteiger partial charge in [-0.05, 0) is 42.5 Å². The second kappa shape index (κ2) is 6.98. The minimum atomic E-state index is 0.739. The summed E-state index contributed by atoms with van der Waals surface area (Å²) in [5.41, 5.74) is 6.95. The Morgan fingerprint density at radius 3 is 2.47 bits per heavy atom. The van der Waals surface area contributed by atoms with Gasteiger partial charge in [-0.1, -0.05) is 71.9 Å². The van der Waals surface area contributed by atoms with Crippen molar-refractivity contribution in [3.8, 4) is 16.8 Å². The Hall–Kier alpha value is -3.14. The Morgan fingerprint density at radius 2 is 1.57 bits per heavy atom. The van der Waals surface area contributed by atoms with E-state index < -0.39 is 0 Å². The van der Waals surface area contributed by atoms with Crippen molar-refractivity contribution in [2.45, 2.75) is 9.79 Å². The number of nitrogens with zero attached hydrogens (tertiary/aromatic N) is 1. The lowest BCUT2D eigenvalue weighted by Gasteiger charge is -2.23. The van der Waals surface area contributed by atoms with Gasteiger partial charge in [-0.15, -0.1) is 0 Å². The average molecular weight is 425 g/mol. The topological polar surface area (TPSA) is 17.0 Å². The van der Waals surface area contributed by atoms with E-state index in [0.717, 1.165) is 22.1 Å². The molecular formula is C26H17ClN2S. The summed E-state index contributed by atoms with van der Waals surface area (Å²) in [6.07, 6.45) is 2.25. The number of aromatic nitrogens is 1. The van der Waals surface area contributed by atoms with Crippen LogP contribution in [-0.4, -0.2) is 4.57 Å². The van der Waals surface area contributed by atoms with Crippen molar-refractivity contribution in [2.24, 2.45) is 0 Å². The molecule has 30 heavy (non-hydrogen) atoms. The Labute approximate surface area is 184 Å². The molecule has 1 N–H and O–H groups in total. The highest BCUT2D eigenvalue weighted by atomic mass is 35.5. The van der Waals surface area contributed by atoms with E-state index in [9.17, 15) is 0 Å². The number of anilines is 2. The lowest BCUT2D eigenvalue weighted by molar-refractivity contribution is 1.13. The largest absolute Gasteiger partial charge is 0.353 e. The Balaban J connectivity index is 1.57. The van der Waals surface area contributed by atoms with E-state index in [1.54, 1.807) is 11.8 Å². The predicted molar refractivity (Wildman–Crippen MR) is 128 cm³/mol. The molecule has 4 aromatic carbocycles. The lowest BCUT2D eigenvalue weighted by atomic mass is 10.0. The van der Waals surface area contributed by atoms with Crippen molar-refractivity contribution in [3.05, 3.63) is 102 Å². The highest BCUT2D eigenvalue weighted by molar-refractivity contribution is 7.99. The zero-order valence-corrected chi connectivity index (χ0v) is 17.5. The highest BCUT2D eigenvalue weighted by Gasteiger charge is 2.21. The molecule has 6 rings (SSSR count). The molecule has 0 atom stereocenters. The number of hydrogen-bond donors (Lipinski definition) is 1. The summed E-state index contributed by atoms with van der Waals surface area (Å²) in [5.74, 6) is 0. The van der Waals surface area contributed by atoms with Crippen LogP contribution in [-0.2, 0) is 0 Å². The molecule has 0 aliphatic carbocycles. The number of hydrogen-bond acceptors (Lipinski definition) is 2. The number of nitrogens with one attached hydrogen (secondary N) is 1. The van der Waals surface area contributed by atoms with E-state index in [1.165, 1.54) is 31.8 Å². The summed E-state index contributed by atoms with van der Waals surface area (Å²) in [4.78, 5) is 2.41. The smallest absolute Gasteiger partial charge is 0.0606 e. The fourth-order valence-corrected chi connectivity index (χ4v) is 5.28. The number of benzene rings is 4. The molecule has 0 radical (unpaired) electrons. The molecule has 1 aromatic heterocycles. The van der Waals surface area contributed by atoms with Crippen LogP contribution in [0.5, 0.6) is 0 Å². The molecule has 2 nitrogen and oxygen atoms in total. The van der Waals surface area contributed by atoms with Gasteiger partial charge in [0.25, 0.3) is 0 Å². The molecule has 1 aliphatic heterocycles. The van der Waals surface area contributed by atoms with Crippen LogP contribution in [0.3, 0.4) is 0 Å². The van der Waals surface area contributed by atoms with E-state index in [-0.39, 0.29) is 0 Å². The first-order chi connectivity index (χ1) is 14.8. The minimum absolute atomic E-state index is 0.739. The molecule has 4 heteroatoms. The molecule has 0 unspecified atom stereocenters. The van der Waals surface area contributed by atoms with Crippen LogP contribution in [0.15, 0.2) is 107 Å². The van der Waals surface area contributed by atoms with Gasteiger partial charge < -0.3 is 9.88 Å². The minimum Gasteiger partial charge on any atom is -0.353 e. The summed E-state index contributed by atoms with van der Waals surface area (Å²) >= 11 is 8.04. The third-order valence-corrected chi connectivity index (χ3v) is 6.86. The van der Waals surface area contributed by atoms with Crippen LogP contribution in [0, 0.1) is 0 Å². The van der Waals surface area contributed by atoms with Gasteiger partial charge in [-0.2, -0.15) is 0 Å². The molecule has 0 amide bonds. The highest BCUT2D eigenvalue weighted by Crippen LogP contribution is 2.49. The summed E-state index contributed by atoms with van der Waals surface area (Å²) in [6.45, 7) is 0. The molecule has 2 heterocycles. The van der Waals surface area contributed by atoms with Gasteiger partial charge >= 0.3 is 0 Å². The van der Waals surface area contributed by atoms with Crippen LogP contribution < -0.4 is 5.32 Å². The van der Waals surface area contributed by atoms with Crippen LogP contribution in [0.2, 0.25) is 5.02 Å². The lowest BCUT2D eigenvalue weighted by Crippen LogP contribution is -2.01. The molecule has 144 valence electrons. The zero-order chi connectivity index (χ0) is 20.1. The molecule has 0 spiro atoms. The van der Waals surface area contributed by atoms with Crippen LogP contribution in [0.1, 0.15) is 0 Å². The fourth-order valence-electron chi connectivity index (χ4n) is 4.11. The first-order valence-corrected chi connectivity index (χ1v) is 11.0. The summed E-state index contributed by atoms with van der Waals surface area (Å²) in [5, 5.41) is 5.62. The average Bonchev–Trinajstić information content (AvgIpc) is 3.17. The SMILES string of the molecule is Clc1ccc2c(c1)Nc1c(cccc1-c1cn(-c3ccccc3)c3ccccc13)S2. The van der Waals surface area contributed by atoms with Crippen molar-refractivity contribution < 1.29 is 0 Å². The van der Waals surface area contributed by atoms with Gasteiger partial charge in [-0.25, -0.2) is 0 Å². The maximum atomic E-state index is 6.26. The Bertz CT molecular complexity index is 1410. The fraction of sp³-hybridized carbons (Fsp3) is 0. The number of halogens is 1. The second-order valence-electron chi connectivity index (χ2n) is 7.31. The first kappa shape index (κ1) is 17.7. The van der Waals surface area contributed by atoms with Crippen molar-refractivity contribution in [2.75, 3.05) is 5.32 Å². The first-order valence-electron chi connectivity index (χ1n) is 9.81. The quantitative estimate of drug-likeness (QED) is 0.302. The summed E-state index contributed by atoms with van der Waals surface area (Å²) in [7, 11) is 0. The standard InChI is InChI=1S/C26H17ClN2S/c27-17-13-14-24-22(15-17)28-26-20(10-6-12-25(26)30-24)21-16-29(18-7-2-1-3-8-18)23-11-5-4-9-19(21)23/h1-16,28H. The van der Waals surface area contributed by atoms with Crippen molar-refractivity contribution in [3.63, 3.8) is 0 Å². The van der Waals surface area contributed by atoms with E-state index in [1.807, 2.05) is 18.2 Å². The van der Waals surface area contributed by atoms with Gasteiger partial charge in [0.05, 0.1) is 16.9 Å². The predicted octanol–water partition coefficient (Wildman–Crippen LogP) is 8.16. The van der Waals surface area contributed by atoms with Crippen molar-refractivity contribution in [1.29, 1.82) is 0 Å². The van der Waals surface area contributed by atoms with Crippen LogP contribution >= 0.6 is 23.4 Å². The summed E-state index contributed by atoms with van der Waals surface area (Å²) < 4.78 is 2.27. The monoisotopic (exact) mass is 424 g/mol. The van der Waals surface area contributed by atoms with Gasteiger partial charge in [0, 0.05) is 43.2 Å². The van der Waals surface area contributed by atoms with E-state index >= 15 is 0 Å². The van der Waals surface area contributed by atoms with Gasteiger partial charge in [0.1, 0.15) is 0 Å². The Kier molecular flexibility index (Phi) is 4.12. The molecular weight excluding hydrogens is 408 g/mol. The van der Waals surface area contributed by atoms with E-state index in [4.69, 9.17) is 11.6 Å². The van der Waals surface area contributed by atoms with Crippen LogP contribution in [0.4, 0.5) is 11.4 Å². The van der Waals surface area contributed by atoms with Gasteiger partial charge in [0.15, 0.2) is 0 Å². The second-order valence-corrected chi connectivity index (χ2v) is 8.83. The maximum absolute atomic E-state index is 6.26. The molecule has 0 bridgehead atoms. The van der Waals surface area contributed by atoms with Gasteiger partial charge in [0.2, 0.25) is 0 Å².